The number of hydrogen-bond acceptors (Lipinski definition) is 7. The Balaban J connectivity index is 1.56. The largest absolute Gasteiger partial charge is 0.322 e. The van der Waals surface area contributed by atoms with Gasteiger partial charge in [0.15, 0.2) is 11.5 Å². The van der Waals surface area contributed by atoms with Crippen LogP contribution in [0.2, 0.25) is 0 Å². The molecule has 0 saturated heterocycles. The van der Waals surface area contributed by atoms with E-state index < -0.39 is 0 Å². The lowest BCUT2D eigenvalue weighted by atomic mass is 10.1. The van der Waals surface area contributed by atoms with Gasteiger partial charge in [0.1, 0.15) is 0 Å². The molecule has 10 heteroatoms. The van der Waals surface area contributed by atoms with Crippen molar-refractivity contribution in [1.29, 1.82) is 0 Å². The molecule has 0 saturated carbocycles. The van der Waals surface area contributed by atoms with Gasteiger partial charge in [-0.2, -0.15) is 9.78 Å². The van der Waals surface area contributed by atoms with Crippen molar-refractivity contribution in [3.63, 3.8) is 0 Å². The molecule has 0 aliphatic rings. The predicted octanol–water partition coefficient (Wildman–Crippen LogP) is 4.59. The van der Waals surface area contributed by atoms with Crippen molar-refractivity contribution in [3.8, 4) is 16.3 Å². The second kappa shape index (κ2) is 8.21. The maximum atomic E-state index is 13.4. The molecule has 1 aromatic carbocycles. The molecule has 0 aliphatic heterocycles. The lowest BCUT2D eigenvalue weighted by Crippen LogP contribution is -2.14. The normalized spacial score (nSPS) is 11.4. The number of hydrogen-bond donors (Lipinski definition) is 1. The molecule has 0 spiro atoms. The molecule has 4 heterocycles. The first kappa shape index (κ1) is 21.0. The number of anilines is 1. The van der Waals surface area contributed by atoms with Gasteiger partial charge in [0.25, 0.3) is 5.91 Å². The topological polar surface area (TPSA) is 103 Å². The van der Waals surface area contributed by atoms with Crippen molar-refractivity contribution in [1.82, 2.24) is 35.0 Å². The zero-order chi connectivity index (χ0) is 23.1. The van der Waals surface area contributed by atoms with Gasteiger partial charge in [0, 0.05) is 16.6 Å². The fourth-order valence-electron chi connectivity index (χ4n) is 3.67. The number of carbonyl (C=O) groups excluding carboxylic acids is 1. The van der Waals surface area contributed by atoms with E-state index in [4.69, 9.17) is 4.98 Å². The molecule has 0 unspecified atom stereocenters. The Morgan fingerprint density at radius 2 is 1.97 bits per heavy atom. The van der Waals surface area contributed by atoms with E-state index in [0.717, 1.165) is 16.3 Å². The molecule has 33 heavy (non-hydrogen) atoms. The summed E-state index contributed by atoms with van der Waals surface area (Å²) in [6.07, 6.45) is 1.71. The van der Waals surface area contributed by atoms with Crippen molar-refractivity contribution in [2.75, 3.05) is 5.32 Å². The summed E-state index contributed by atoms with van der Waals surface area (Å²) in [6, 6.07) is 13.4. The molecule has 0 fully saturated rings. The summed E-state index contributed by atoms with van der Waals surface area (Å²) >= 11 is 1.65. The third-order valence-electron chi connectivity index (χ3n) is 5.27. The van der Waals surface area contributed by atoms with E-state index in [1.165, 1.54) is 4.88 Å². The average Bonchev–Trinajstić information content (AvgIpc) is 3.52. The lowest BCUT2D eigenvalue weighted by molar-refractivity contribution is 0.102. The Morgan fingerprint density at radius 3 is 2.67 bits per heavy atom. The van der Waals surface area contributed by atoms with Crippen molar-refractivity contribution < 1.29 is 4.79 Å². The van der Waals surface area contributed by atoms with Crippen molar-refractivity contribution in [3.05, 3.63) is 64.9 Å². The minimum atomic E-state index is -0.231. The number of rotatable bonds is 5. The van der Waals surface area contributed by atoms with Crippen LogP contribution in [0.1, 0.15) is 40.9 Å². The van der Waals surface area contributed by atoms with Gasteiger partial charge in [-0.1, -0.05) is 6.07 Å². The third kappa shape index (κ3) is 3.89. The summed E-state index contributed by atoms with van der Waals surface area (Å²) in [5.41, 5.74) is 3.37. The summed E-state index contributed by atoms with van der Waals surface area (Å²) in [7, 11) is 0. The van der Waals surface area contributed by atoms with E-state index in [1.54, 1.807) is 22.2 Å². The number of nitrogens with zero attached hydrogens (tertiary/aromatic N) is 7. The van der Waals surface area contributed by atoms with Crippen molar-refractivity contribution in [2.45, 2.75) is 33.7 Å². The van der Waals surface area contributed by atoms with Crippen molar-refractivity contribution in [2.24, 2.45) is 0 Å². The van der Waals surface area contributed by atoms with Gasteiger partial charge in [-0.15, -0.1) is 16.4 Å². The third-order valence-corrected chi connectivity index (χ3v) is 6.29. The highest BCUT2D eigenvalue weighted by atomic mass is 32.1. The summed E-state index contributed by atoms with van der Waals surface area (Å²) in [6.45, 7) is 7.96. The molecule has 0 radical (unpaired) electrons. The van der Waals surface area contributed by atoms with Gasteiger partial charge < -0.3 is 5.32 Å². The van der Waals surface area contributed by atoms with E-state index in [0.29, 0.717) is 28.1 Å². The van der Waals surface area contributed by atoms with Gasteiger partial charge in [-0.25, -0.2) is 9.67 Å². The number of amides is 1. The van der Waals surface area contributed by atoms with E-state index in [2.05, 4.69) is 38.9 Å². The number of nitrogens with one attached hydrogen (secondary N) is 1. The molecule has 1 amide bonds. The highest BCUT2D eigenvalue weighted by Gasteiger charge is 2.19. The first-order valence-electron chi connectivity index (χ1n) is 10.5. The van der Waals surface area contributed by atoms with Crippen LogP contribution in [0, 0.1) is 13.8 Å². The lowest BCUT2D eigenvalue weighted by Gasteiger charge is -2.11. The molecular weight excluding hydrogens is 436 g/mol. The fourth-order valence-corrected chi connectivity index (χ4v) is 4.49. The van der Waals surface area contributed by atoms with Crippen LogP contribution >= 0.6 is 11.3 Å². The number of fused-ring (bicyclic) bond motifs is 1. The van der Waals surface area contributed by atoms with Gasteiger partial charge >= 0.3 is 0 Å². The molecule has 1 N–H and O–H groups in total. The number of carbonyl (C=O) groups is 1. The Labute approximate surface area is 194 Å². The molecule has 9 nitrogen and oxygen atoms in total. The average molecular weight is 459 g/mol. The Hall–Kier alpha value is -3.92. The smallest absolute Gasteiger partial charge is 0.256 e. The van der Waals surface area contributed by atoms with Crippen molar-refractivity contribution >= 4 is 34.0 Å². The number of benzene rings is 1. The summed E-state index contributed by atoms with van der Waals surface area (Å²) < 4.78 is 3.46. The quantitative estimate of drug-likeness (QED) is 0.413. The molecule has 166 valence electrons. The SMILES string of the molecule is Cc1ccc(-c2cc(C(=O)Nc3cccc(-n4nnnc4C)c3)c3cnn(C(C)C)c3n2)s1. The number of pyridine rings is 1. The van der Waals surface area contributed by atoms with Crippen LogP contribution < -0.4 is 5.32 Å². The first-order valence-corrected chi connectivity index (χ1v) is 11.3. The molecule has 0 aliphatic carbocycles. The molecule has 0 bridgehead atoms. The minimum absolute atomic E-state index is 0.113. The van der Waals surface area contributed by atoms with Gasteiger partial charge in [0.2, 0.25) is 0 Å². The molecule has 0 atom stereocenters. The van der Waals surface area contributed by atoms with Crippen LogP contribution in [0.25, 0.3) is 27.3 Å². The summed E-state index contributed by atoms with van der Waals surface area (Å²) in [5.74, 6) is 0.428. The van der Waals surface area contributed by atoms with E-state index in [9.17, 15) is 4.79 Å². The molecule has 4 aromatic heterocycles. The summed E-state index contributed by atoms with van der Waals surface area (Å²) in [5, 5.41) is 19.8. The van der Waals surface area contributed by atoms with E-state index in [1.807, 2.05) is 61.9 Å². The van der Waals surface area contributed by atoms with Crippen LogP contribution in [-0.4, -0.2) is 40.9 Å². The van der Waals surface area contributed by atoms with Crippen LogP contribution in [0.5, 0.6) is 0 Å². The van der Waals surface area contributed by atoms with Gasteiger partial charge in [0.05, 0.1) is 33.4 Å². The number of thiophene rings is 1. The highest BCUT2D eigenvalue weighted by Crippen LogP contribution is 2.31. The number of tetrazole rings is 1. The van der Waals surface area contributed by atoms with Crippen LogP contribution in [0.4, 0.5) is 5.69 Å². The zero-order valence-corrected chi connectivity index (χ0v) is 19.5. The monoisotopic (exact) mass is 458 g/mol. The standard InChI is InChI=1S/C23H22N8OS/c1-13(2)30-22-19(12-24-30)18(11-20(26-22)21-9-8-14(3)33-21)23(32)25-16-6-5-7-17(10-16)31-15(4)27-28-29-31/h5-13H,1-4H3,(H,25,32). The summed E-state index contributed by atoms with van der Waals surface area (Å²) in [4.78, 5) is 20.5. The van der Waals surface area contributed by atoms with E-state index >= 15 is 0 Å². The number of aromatic nitrogens is 7. The maximum Gasteiger partial charge on any atom is 0.256 e. The van der Waals surface area contributed by atoms with Gasteiger partial charge in [-0.3, -0.25) is 4.79 Å². The predicted molar refractivity (Wildman–Crippen MR) is 128 cm³/mol. The van der Waals surface area contributed by atoms with Crippen LogP contribution in [-0.2, 0) is 0 Å². The maximum absolute atomic E-state index is 13.4. The Morgan fingerprint density at radius 1 is 1.12 bits per heavy atom. The number of aryl methyl sites for hydroxylation is 2. The van der Waals surface area contributed by atoms with E-state index in [-0.39, 0.29) is 11.9 Å². The molecular formula is C23H22N8OS. The molecule has 5 aromatic rings. The zero-order valence-electron chi connectivity index (χ0n) is 18.6. The minimum Gasteiger partial charge on any atom is -0.322 e. The molecule has 5 rings (SSSR count). The first-order chi connectivity index (χ1) is 15.9. The second-order valence-electron chi connectivity index (χ2n) is 8.03. The van der Waals surface area contributed by atoms with Crippen LogP contribution in [0.3, 0.4) is 0 Å². The Bertz CT molecular complexity index is 1480. The highest BCUT2D eigenvalue weighted by molar-refractivity contribution is 7.15. The Kier molecular flexibility index (Phi) is 5.21. The van der Waals surface area contributed by atoms with Gasteiger partial charge in [-0.05, 0) is 74.5 Å². The second-order valence-corrected chi connectivity index (χ2v) is 9.32. The van der Waals surface area contributed by atoms with Crippen LogP contribution in [0.15, 0.2) is 48.7 Å². The fraction of sp³-hybridized carbons (Fsp3) is 0.217.